The van der Waals surface area contributed by atoms with Gasteiger partial charge in [-0.1, -0.05) is 24.3 Å². The van der Waals surface area contributed by atoms with Crippen molar-refractivity contribution in [2.45, 2.75) is 19.7 Å². The van der Waals surface area contributed by atoms with Crippen molar-refractivity contribution in [2.24, 2.45) is 0 Å². The van der Waals surface area contributed by atoms with Crippen LogP contribution in [0.2, 0.25) is 0 Å². The third-order valence-corrected chi connectivity index (χ3v) is 2.79. The summed E-state index contributed by atoms with van der Waals surface area (Å²) in [6.07, 6.45) is 2.91. The van der Waals surface area contributed by atoms with Gasteiger partial charge in [-0.25, -0.2) is 9.78 Å². The first-order chi connectivity index (χ1) is 9.69. The van der Waals surface area contributed by atoms with E-state index >= 15 is 0 Å². The third-order valence-electron chi connectivity index (χ3n) is 2.79. The van der Waals surface area contributed by atoms with E-state index in [9.17, 15) is 9.59 Å². The molecule has 0 bridgehead atoms. The first-order valence-electron chi connectivity index (χ1n) is 6.16. The van der Waals surface area contributed by atoms with Gasteiger partial charge in [-0.15, -0.1) is 0 Å². The molecule has 6 heteroatoms. The van der Waals surface area contributed by atoms with Crippen molar-refractivity contribution in [3.8, 4) is 0 Å². The van der Waals surface area contributed by atoms with Gasteiger partial charge in [0, 0.05) is 18.9 Å². The van der Waals surface area contributed by atoms with E-state index in [-0.39, 0.29) is 19.1 Å². The van der Waals surface area contributed by atoms with Gasteiger partial charge in [0.15, 0.2) is 0 Å². The van der Waals surface area contributed by atoms with Crippen LogP contribution in [0.1, 0.15) is 11.1 Å². The maximum atomic E-state index is 11.7. The molecule has 2 N–H and O–H groups in total. The second-order valence-corrected chi connectivity index (χ2v) is 4.28. The first kappa shape index (κ1) is 14.0. The summed E-state index contributed by atoms with van der Waals surface area (Å²) in [6, 6.07) is 8.87. The Morgan fingerprint density at radius 2 is 1.95 bits per heavy atom. The van der Waals surface area contributed by atoms with Crippen molar-refractivity contribution in [2.75, 3.05) is 0 Å². The lowest BCUT2D eigenvalue weighted by Crippen LogP contribution is -2.32. The smallest absolute Gasteiger partial charge is 0.347 e. The van der Waals surface area contributed by atoms with Crippen LogP contribution in [0.3, 0.4) is 0 Å². The van der Waals surface area contributed by atoms with Gasteiger partial charge in [0.05, 0.1) is 6.61 Å². The van der Waals surface area contributed by atoms with E-state index in [2.05, 4.69) is 10.3 Å². The number of nitrogens with zero attached hydrogens (tertiary/aromatic N) is 2. The van der Waals surface area contributed by atoms with Crippen LogP contribution in [0.25, 0.3) is 0 Å². The molecule has 0 aliphatic heterocycles. The lowest BCUT2D eigenvalue weighted by molar-refractivity contribution is -0.121. The summed E-state index contributed by atoms with van der Waals surface area (Å²) in [5.41, 5.74) is 1.30. The third kappa shape index (κ3) is 3.76. The van der Waals surface area contributed by atoms with Gasteiger partial charge in [-0.05, 0) is 17.2 Å². The molecule has 0 fully saturated rings. The quantitative estimate of drug-likeness (QED) is 0.806. The fourth-order valence-corrected chi connectivity index (χ4v) is 1.68. The molecule has 20 heavy (non-hydrogen) atoms. The average Bonchev–Trinajstić information content (AvgIpc) is 2.48. The molecule has 104 valence electrons. The molecule has 1 heterocycles. The molecule has 1 aromatic carbocycles. The fraction of sp³-hybridized carbons (Fsp3) is 0.214. The summed E-state index contributed by atoms with van der Waals surface area (Å²) in [4.78, 5) is 26.6. The number of aliphatic hydroxyl groups is 1. The monoisotopic (exact) mass is 273 g/mol. The minimum absolute atomic E-state index is 0.00341. The number of amides is 1. The van der Waals surface area contributed by atoms with Crippen molar-refractivity contribution < 1.29 is 9.90 Å². The molecule has 2 rings (SSSR count). The molecule has 1 amide bonds. The van der Waals surface area contributed by atoms with Gasteiger partial charge in [0.1, 0.15) is 6.54 Å². The van der Waals surface area contributed by atoms with Crippen LogP contribution < -0.4 is 11.0 Å². The lowest BCUT2D eigenvalue weighted by Gasteiger charge is -2.07. The van der Waals surface area contributed by atoms with E-state index in [1.165, 1.54) is 17.0 Å². The number of carbonyl (C=O) groups excluding carboxylic acids is 1. The van der Waals surface area contributed by atoms with Crippen molar-refractivity contribution in [3.05, 3.63) is 64.3 Å². The molecule has 0 radical (unpaired) electrons. The number of aliphatic hydroxyl groups excluding tert-OH is 1. The first-order valence-corrected chi connectivity index (χ1v) is 6.16. The maximum Gasteiger partial charge on any atom is 0.347 e. The summed E-state index contributed by atoms with van der Waals surface area (Å²) in [5.74, 6) is -0.258. The lowest BCUT2D eigenvalue weighted by atomic mass is 10.1. The van der Waals surface area contributed by atoms with E-state index < -0.39 is 5.69 Å². The molecule has 0 atom stereocenters. The van der Waals surface area contributed by atoms with Crippen molar-refractivity contribution >= 4 is 5.91 Å². The molecule has 0 saturated heterocycles. The highest BCUT2D eigenvalue weighted by atomic mass is 16.3. The number of hydrogen-bond donors (Lipinski definition) is 2. The van der Waals surface area contributed by atoms with E-state index in [1.54, 1.807) is 18.2 Å². The Labute approximate surface area is 115 Å². The van der Waals surface area contributed by atoms with E-state index in [0.717, 1.165) is 11.1 Å². The Morgan fingerprint density at radius 3 is 2.60 bits per heavy atom. The highest BCUT2D eigenvalue weighted by molar-refractivity contribution is 5.75. The van der Waals surface area contributed by atoms with E-state index in [1.807, 2.05) is 12.1 Å². The maximum absolute atomic E-state index is 11.7. The van der Waals surface area contributed by atoms with Gasteiger partial charge in [-0.3, -0.25) is 9.36 Å². The zero-order valence-corrected chi connectivity index (χ0v) is 10.8. The van der Waals surface area contributed by atoms with Gasteiger partial charge < -0.3 is 10.4 Å². The Bertz CT molecular complexity index is 635. The largest absolute Gasteiger partial charge is 0.392 e. The summed E-state index contributed by atoms with van der Waals surface area (Å²) in [6.45, 7) is 0.317. The molecule has 0 unspecified atom stereocenters. The minimum atomic E-state index is -0.449. The Morgan fingerprint density at radius 1 is 1.25 bits per heavy atom. The van der Waals surface area contributed by atoms with Crippen LogP contribution in [-0.4, -0.2) is 20.6 Å². The molecule has 1 aromatic heterocycles. The SMILES string of the molecule is O=C(Cn1cccnc1=O)NCc1ccc(CO)cc1. The topological polar surface area (TPSA) is 84.2 Å². The fourth-order valence-electron chi connectivity index (χ4n) is 1.68. The summed E-state index contributed by atoms with van der Waals surface area (Å²) in [7, 11) is 0. The van der Waals surface area contributed by atoms with Crippen LogP contribution >= 0.6 is 0 Å². The normalized spacial score (nSPS) is 10.2. The number of aromatic nitrogens is 2. The number of rotatable bonds is 5. The molecule has 0 spiro atoms. The predicted molar refractivity (Wildman–Crippen MR) is 72.7 cm³/mol. The van der Waals surface area contributed by atoms with Crippen LogP contribution in [0.5, 0.6) is 0 Å². The van der Waals surface area contributed by atoms with Gasteiger partial charge >= 0.3 is 5.69 Å². The van der Waals surface area contributed by atoms with Crippen molar-refractivity contribution in [3.63, 3.8) is 0 Å². The minimum Gasteiger partial charge on any atom is -0.392 e. The highest BCUT2D eigenvalue weighted by Crippen LogP contribution is 2.03. The van der Waals surface area contributed by atoms with Crippen LogP contribution in [-0.2, 0) is 24.5 Å². The van der Waals surface area contributed by atoms with Gasteiger partial charge in [0.2, 0.25) is 5.91 Å². The Kier molecular flexibility index (Phi) is 4.62. The highest BCUT2D eigenvalue weighted by Gasteiger charge is 2.04. The summed E-state index contributed by atoms with van der Waals surface area (Å²) < 4.78 is 1.24. The molecule has 0 aliphatic carbocycles. The molecule has 2 aromatic rings. The predicted octanol–water partition coefficient (Wildman–Crippen LogP) is 0.0520. The number of benzene rings is 1. The van der Waals surface area contributed by atoms with Crippen LogP contribution in [0.15, 0.2) is 47.5 Å². The van der Waals surface area contributed by atoms with Crippen molar-refractivity contribution in [1.29, 1.82) is 0 Å². The standard InChI is InChI=1S/C14H15N3O3/c18-10-12-4-2-11(3-5-12)8-16-13(19)9-17-7-1-6-15-14(17)20/h1-7,18H,8-10H2,(H,16,19). The summed E-state index contributed by atoms with van der Waals surface area (Å²) in [5, 5.41) is 11.7. The van der Waals surface area contributed by atoms with Gasteiger partial charge in [0.25, 0.3) is 0 Å². The molecule has 6 nitrogen and oxygen atoms in total. The van der Waals surface area contributed by atoms with E-state index in [4.69, 9.17) is 5.11 Å². The van der Waals surface area contributed by atoms with Crippen LogP contribution in [0.4, 0.5) is 0 Å². The number of carbonyl (C=O) groups is 1. The van der Waals surface area contributed by atoms with Crippen molar-refractivity contribution in [1.82, 2.24) is 14.9 Å². The molecule has 0 saturated carbocycles. The Balaban J connectivity index is 1.89. The summed E-state index contributed by atoms with van der Waals surface area (Å²) >= 11 is 0. The number of nitrogens with one attached hydrogen (secondary N) is 1. The van der Waals surface area contributed by atoms with Crippen LogP contribution in [0, 0.1) is 0 Å². The second kappa shape index (κ2) is 6.63. The zero-order chi connectivity index (χ0) is 14.4. The second-order valence-electron chi connectivity index (χ2n) is 4.28. The average molecular weight is 273 g/mol. The van der Waals surface area contributed by atoms with Gasteiger partial charge in [-0.2, -0.15) is 0 Å². The molecular weight excluding hydrogens is 258 g/mol. The Hall–Kier alpha value is -2.47. The zero-order valence-electron chi connectivity index (χ0n) is 10.8. The number of hydrogen-bond acceptors (Lipinski definition) is 4. The molecule has 0 aliphatic rings. The molecular formula is C14H15N3O3. The van der Waals surface area contributed by atoms with E-state index in [0.29, 0.717) is 6.54 Å².